The van der Waals surface area contributed by atoms with Crippen LogP contribution in [0.4, 0.5) is 0 Å². The molecule has 98 valence electrons. The van der Waals surface area contributed by atoms with E-state index in [0.717, 1.165) is 0 Å². The summed E-state index contributed by atoms with van der Waals surface area (Å²) in [5.74, 6) is -0.686. The quantitative estimate of drug-likeness (QED) is 0.587. The smallest absolute Gasteiger partial charge is 0.320 e. The monoisotopic (exact) mass is 244 g/mol. The van der Waals surface area contributed by atoms with Crippen molar-refractivity contribution in [2.75, 3.05) is 6.61 Å². The lowest BCUT2D eigenvalue weighted by Crippen LogP contribution is -2.69. The fraction of sp³-hybridized carbons (Fsp3) is 0.917. The SMILES string of the molecule is CCOC(=O)C12C(O)CC(C)(CC1O)CC2O. The maximum absolute atomic E-state index is 12.0. The van der Waals surface area contributed by atoms with Crippen LogP contribution in [-0.2, 0) is 9.53 Å². The van der Waals surface area contributed by atoms with Gasteiger partial charge in [-0.15, -0.1) is 0 Å². The van der Waals surface area contributed by atoms with Gasteiger partial charge in [0, 0.05) is 0 Å². The molecule has 0 saturated heterocycles. The molecule has 3 saturated carbocycles. The van der Waals surface area contributed by atoms with E-state index in [1.807, 2.05) is 6.92 Å². The molecular formula is C12H20O5. The van der Waals surface area contributed by atoms with Gasteiger partial charge in [0.15, 0.2) is 0 Å². The van der Waals surface area contributed by atoms with Crippen molar-refractivity contribution in [1.29, 1.82) is 0 Å². The van der Waals surface area contributed by atoms with Crippen LogP contribution in [-0.4, -0.2) is 46.2 Å². The minimum atomic E-state index is -1.55. The normalized spacial score (nSPS) is 49.1. The second-order valence-corrected chi connectivity index (χ2v) is 5.62. The lowest BCUT2D eigenvalue weighted by molar-refractivity contribution is -0.243. The third-order valence-corrected chi connectivity index (χ3v) is 4.34. The van der Waals surface area contributed by atoms with Crippen LogP contribution < -0.4 is 0 Å². The average molecular weight is 244 g/mol. The van der Waals surface area contributed by atoms with Gasteiger partial charge in [0.05, 0.1) is 24.9 Å². The highest BCUT2D eigenvalue weighted by Crippen LogP contribution is 2.57. The number of carbonyl (C=O) groups is 1. The Bertz CT molecular complexity index is 293. The minimum absolute atomic E-state index is 0.171. The predicted octanol–water partition coefficient (Wildman–Crippen LogP) is -0.178. The summed E-state index contributed by atoms with van der Waals surface area (Å²) in [4.78, 5) is 12.0. The van der Waals surface area contributed by atoms with E-state index in [1.165, 1.54) is 0 Å². The van der Waals surface area contributed by atoms with Crippen LogP contribution in [0.5, 0.6) is 0 Å². The van der Waals surface area contributed by atoms with Gasteiger partial charge < -0.3 is 20.1 Å². The molecule has 3 aliphatic carbocycles. The topological polar surface area (TPSA) is 87.0 Å². The standard InChI is InChI=1S/C12H20O5/c1-3-17-10(16)12-7(13)4-11(2,5-8(12)14)6-9(12)15/h7-9,13-15H,3-6H2,1-2H3. The molecule has 0 aliphatic heterocycles. The number of hydrogen-bond donors (Lipinski definition) is 3. The maximum Gasteiger partial charge on any atom is 0.320 e. The number of hydrogen-bond acceptors (Lipinski definition) is 5. The maximum atomic E-state index is 12.0. The summed E-state index contributed by atoms with van der Waals surface area (Å²) in [6.45, 7) is 3.75. The lowest BCUT2D eigenvalue weighted by atomic mass is 9.50. The molecule has 5 heteroatoms. The molecule has 2 bridgehead atoms. The zero-order valence-corrected chi connectivity index (χ0v) is 10.2. The van der Waals surface area contributed by atoms with Crippen LogP contribution in [0.15, 0.2) is 0 Å². The molecule has 0 aromatic heterocycles. The van der Waals surface area contributed by atoms with Crippen LogP contribution in [0, 0.1) is 10.8 Å². The fourth-order valence-corrected chi connectivity index (χ4v) is 3.49. The van der Waals surface area contributed by atoms with Crippen LogP contribution in [0.2, 0.25) is 0 Å². The minimum Gasteiger partial charge on any atom is -0.465 e. The summed E-state index contributed by atoms with van der Waals surface area (Å²) >= 11 is 0. The largest absolute Gasteiger partial charge is 0.465 e. The Hall–Kier alpha value is -0.650. The molecule has 0 radical (unpaired) electrons. The van der Waals surface area contributed by atoms with Crippen molar-refractivity contribution in [2.45, 2.75) is 51.4 Å². The average Bonchev–Trinajstić information content (AvgIpc) is 2.14. The molecule has 0 aromatic carbocycles. The second-order valence-electron chi connectivity index (χ2n) is 5.62. The number of aliphatic hydroxyl groups is 3. The van der Waals surface area contributed by atoms with E-state index in [1.54, 1.807) is 6.92 Å². The summed E-state index contributed by atoms with van der Waals surface area (Å²) < 4.78 is 4.93. The lowest BCUT2D eigenvalue weighted by Gasteiger charge is -2.58. The Morgan fingerprint density at radius 3 is 1.94 bits per heavy atom. The van der Waals surface area contributed by atoms with Crippen LogP contribution in [0.1, 0.15) is 33.1 Å². The number of rotatable bonds is 2. The van der Waals surface area contributed by atoms with Crippen LogP contribution in [0.25, 0.3) is 0 Å². The highest BCUT2D eigenvalue weighted by atomic mass is 16.5. The van der Waals surface area contributed by atoms with E-state index in [2.05, 4.69) is 0 Å². The predicted molar refractivity (Wildman–Crippen MR) is 59.0 cm³/mol. The Morgan fingerprint density at radius 1 is 1.18 bits per heavy atom. The number of aliphatic hydroxyl groups excluding tert-OH is 3. The van der Waals surface area contributed by atoms with E-state index in [0.29, 0.717) is 19.3 Å². The molecule has 0 spiro atoms. The number of fused-ring (bicyclic) bond motifs is 3. The third kappa shape index (κ3) is 1.60. The van der Waals surface area contributed by atoms with Crippen molar-refractivity contribution in [2.24, 2.45) is 10.8 Å². The van der Waals surface area contributed by atoms with E-state index in [4.69, 9.17) is 4.74 Å². The fourth-order valence-electron chi connectivity index (χ4n) is 3.49. The van der Waals surface area contributed by atoms with E-state index >= 15 is 0 Å². The second kappa shape index (κ2) is 3.93. The van der Waals surface area contributed by atoms with Gasteiger partial charge in [0.1, 0.15) is 5.41 Å². The zero-order chi connectivity index (χ0) is 12.8. The summed E-state index contributed by atoms with van der Waals surface area (Å²) in [5.41, 5.74) is -1.85. The number of carbonyl (C=O) groups excluding carboxylic acids is 1. The molecule has 3 unspecified atom stereocenters. The van der Waals surface area contributed by atoms with Crippen molar-refractivity contribution in [3.63, 3.8) is 0 Å². The molecule has 5 nitrogen and oxygen atoms in total. The van der Waals surface area contributed by atoms with Gasteiger partial charge in [-0.1, -0.05) is 6.92 Å². The van der Waals surface area contributed by atoms with Gasteiger partial charge >= 0.3 is 5.97 Å². The van der Waals surface area contributed by atoms with Gasteiger partial charge in [0.25, 0.3) is 0 Å². The molecule has 0 amide bonds. The molecule has 0 aromatic rings. The number of esters is 1. The first kappa shape index (κ1) is 12.8. The molecular weight excluding hydrogens is 224 g/mol. The van der Waals surface area contributed by atoms with Gasteiger partial charge in [-0.05, 0) is 31.6 Å². The summed E-state index contributed by atoms with van der Waals surface area (Å²) in [6, 6.07) is 0. The third-order valence-electron chi connectivity index (χ3n) is 4.34. The van der Waals surface area contributed by atoms with Crippen molar-refractivity contribution in [3.8, 4) is 0 Å². The number of ether oxygens (including phenoxy) is 1. The van der Waals surface area contributed by atoms with E-state index in [-0.39, 0.29) is 12.0 Å². The highest BCUT2D eigenvalue weighted by molar-refractivity contribution is 5.80. The van der Waals surface area contributed by atoms with E-state index < -0.39 is 29.7 Å². The summed E-state index contributed by atoms with van der Waals surface area (Å²) in [5, 5.41) is 30.4. The van der Waals surface area contributed by atoms with Gasteiger partial charge in [0.2, 0.25) is 0 Å². The van der Waals surface area contributed by atoms with Gasteiger partial charge in [-0.3, -0.25) is 4.79 Å². The Labute approximate surface area is 100 Å². The molecule has 3 aliphatic rings. The van der Waals surface area contributed by atoms with Gasteiger partial charge in [-0.25, -0.2) is 0 Å². The molecule has 17 heavy (non-hydrogen) atoms. The van der Waals surface area contributed by atoms with Crippen molar-refractivity contribution >= 4 is 5.97 Å². The van der Waals surface area contributed by atoms with Gasteiger partial charge in [-0.2, -0.15) is 0 Å². The molecule has 3 atom stereocenters. The van der Waals surface area contributed by atoms with Crippen molar-refractivity contribution < 1.29 is 24.9 Å². The van der Waals surface area contributed by atoms with Crippen molar-refractivity contribution in [3.05, 3.63) is 0 Å². The first-order chi connectivity index (χ1) is 7.86. The summed E-state index contributed by atoms with van der Waals surface area (Å²) in [6.07, 6.45) is -1.88. The van der Waals surface area contributed by atoms with Crippen molar-refractivity contribution in [1.82, 2.24) is 0 Å². The molecule has 3 fully saturated rings. The Balaban J connectivity index is 2.38. The Kier molecular flexibility index (Phi) is 2.96. The Morgan fingerprint density at radius 2 is 1.59 bits per heavy atom. The molecule has 3 N–H and O–H groups in total. The first-order valence-electron chi connectivity index (χ1n) is 6.08. The van der Waals surface area contributed by atoms with Crippen LogP contribution >= 0.6 is 0 Å². The zero-order valence-electron chi connectivity index (χ0n) is 10.2. The van der Waals surface area contributed by atoms with E-state index in [9.17, 15) is 20.1 Å². The first-order valence-corrected chi connectivity index (χ1v) is 6.08. The molecule has 3 rings (SSSR count). The summed E-state index contributed by atoms with van der Waals surface area (Å²) in [7, 11) is 0. The highest BCUT2D eigenvalue weighted by Gasteiger charge is 2.67. The molecule has 0 heterocycles. The van der Waals surface area contributed by atoms with Crippen LogP contribution in [0.3, 0.4) is 0 Å².